The van der Waals surface area contributed by atoms with Gasteiger partial charge in [0.2, 0.25) is 5.91 Å². The molecule has 1 atom stereocenters. The Labute approximate surface area is 103 Å². The quantitative estimate of drug-likeness (QED) is 0.776. The van der Waals surface area contributed by atoms with Crippen molar-refractivity contribution in [1.82, 2.24) is 10.2 Å². The van der Waals surface area contributed by atoms with E-state index in [-0.39, 0.29) is 11.9 Å². The summed E-state index contributed by atoms with van der Waals surface area (Å²) >= 11 is 0. The number of carbonyl (C=O) groups excluding carboxylic acids is 1. The summed E-state index contributed by atoms with van der Waals surface area (Å²) in [4.78, 5) is 13.5. The number of likely N-dealkylation sites (N-methyl/N-ethyl adjacent to an activating group) is 1. The molecule has 0 unspecified atom stereocenters. The lowest BCUT2D eigenvalue weighted by Crippen LogP contribution is -2.36. The lowest BCUT2D eigenvalue weighted by atomic mass is 10.1. The lowest BCUT2D eigenvalue weighted by Gasteiger charge is -2.17. The molecule has 0 saturated heterocycles. The maximum absolute atomic E-state index is 11.7. The van der Waals surface area contributed by atoms with Crippen LogP contribution in [0.3, 0.4) is 0 Å². The van der Waals surface area contributed by atoms with E-state index < -0.39 is 0 Å². The summed E-state index contributed by atoms with van der Waals surface area (Å²) in [6, 6.07) is 9.89. The SMILES string of the molecule is C#CCN(C)CC(=O)N[C@H](C)c1ccccc1. The van der Waals surface area contributed by atoms with Crippen LogP contribution in [-0.4, -0.2) is 30.9 Å². The molecule has 90 valence electrons. The molecule has 17 heavy (non-hydrogen) atoms. The van der Waals surface area contributed by atoms with E-state index in [1.807, 2.05) is 44.3 Å². The van der Waals surface area contributed by atoms with E-state index in [4.69, 9.17) is 6.42 Å². The molecule has 0 spiro atoms. The van der Waals surface area contributed by atoms with Gasteiger partial charge in [-0.15, -0.1) is 6.42 Å². The molecule has 0 radical (unpaired) electrons. The molecule has 1 aromatic rings. The van der Waals surface area contributed by atoms with Crippen LogP contribution in [0.1, 0.15) is 18.5 Å². The van der Waals surface area contributed by atoms with Crippen molar-refractivity contribution >= 4 is 5.91 Å². The summed E-state index contributed by atoms with van der Waals surface area (Å²) in [7, 11) is 1.83. The van der Waals surface area contributed by atoms with Crippen LogP contribution < -0.4 is 5.32 Å². The molecule has 0 aromatic heterocycles. The highest BCUT2D eigenvalue weighted by Gasteiger charge is 2.10. The second-order valence-corrected chi connectivity index (χ2v) is 4.08. The molecule has 1 rings (SSSR count). The van der Waals surface area contributed by atoms with Crippen LogP contribution in [0.15, 0.2) is 30.3 Å². The average Bonchev–Trinajstić information content (AvgIpc) is 2.30. The maximum Gasteiger partial charge on any atom is 0.234 e. The molecule has 0 aliphatic rings. The van der Waals surface area contributed by atoms with Gasteiger partial charge in [-0.3, -0.25) is 9.69 Å². The van der Waals surface area contributed by atoms with Gasteiger partial charge in [0.25, 0.3) is 0 Å². The van der Waals surface area contributed by atoms with Gasteiger partial charge in [-0.25, -0.2) is 0 Å². The number of carbonyl (C=O) groups is 1. The third-order valence-corrected chi connectivity index (χ3v) is 2.45. The summed E-state index contributed by atoms with van der Waals surface area (Å²) < 4.78 is 0. The number of rotatable bonds is 5. The fourth-order valence-corrected chi connectivity index (χ4v) is 1.57. The fraction of sp³-hybridized carbons (Fsp3) is 0.357. The van der Waals surface area contributed by atoms with Crippen LogP contribution in [0.4, 0.5) is 0 Å². The van der Waals surface area contributed by atoms with Crippen LogP contribution in [0.25, 0.3) is 0 Å². The number of amides is 1. The van der Waals surface area contributed by atoms with Gasteiger partial charge in [-0.05, 0) is 19.5 Å². The van der Waals surface area contributed by atoms with Gasteiger partial charge in [0, 0.05) is 0 Å². The van der Waals surface area contributed by atoms with Crippen molar-refractivity contribution in [2.75, 3.05) is 20.1 Å². The molecule has 3 nitrogen and oxygen atoms in total. The predicted octanol–water partition coefficient (Wildman–Crippen LogP) is 1.43. The van der Waals surface area contributed by atoms with Crippen LogP contribution in [0, 0.1) is 12.3 Å². The minimum Gasteiger partial charge on any atom is -0.348 e. The van der Waals surface area contributed by atoms with Crippen LogP contribution in [0.5, 0.6) is 0 Å². The van der Waals surface area contributed by atoms with Gasteiger partial charge in [0.1, 0.15) is 0 Å². The summed E-state index contributed by atoms with van der Waals surface area (Å²) in [6.45, 7) is 2.77. The summed E-state index contributed by atoms with van der Waals surface area (Å²) in [5, 5.41) is 2.94. The first-order valence-electron chi connectivity index (χ1n) is 5.59. The fourth-order valence-electron chi connectivity index (χ4n) is 1.57. The van der Waals surface area contributed by atoms with Gasteiger partial charge in [-0.1, -0.05) is 36.3 Å². The normalized spacial score (nSPS) is 11.9. The Morgan fingerprint density at radius 3 is 2.71 bits per heavy atom. The molecular weight excluding hydrogens is 212 g/mol. The topological polar surface area (TPSA) is 32.3 Å². The number of terminal acetylenes is 1. The molecule has 0 heterocycles. The number of hydrogen-bond donors (Lipinski definition) is 1. The van der Waals surface area contributed by atoms with E-state index in [9.17, 15) is 4.79 Å². The molecule has 0 fully saturated rings. The van der Waals surface area contributed by atoms with Crippen molar-refractivity contribution in [2.24, 2.45) is 0 Å². The number of hydrogen-bond acceptors (Lipinski definition) is 2. The van der Waals surface area contributed by atoms with Crippen molar-refractivity contribution < 1.29 is 4.79 Å². The first kappa shape index (κ1) is 13.3. The van der Waals surface area contributed by atoms with E-state index >= 15 is 0 Å². The Morgan fingerprint density at radius 2 is 2.12 bits per heavy atom. The largest absolute Gasteiger partial charge is 0.348 e. The molecule has 1 N–H and O–H groups in total. The average molecular weight is 230 g/mol. The van der Waals surface area contributed by atoms with Gasteiger partial charge in [0.15, 0.2) is 0 Å². The van der Waals surface area contributed by atoms with Gasteiger partial charge >= 0.3 is 0 Å². The highest BCUT2D eigenvalue weighted by Crippen LogP contribution is 2.10. The van der Waals surface area contributed by atoms with Crippen molar-refractivity contribution in [3.8, 4) is 12.3 Å². The zero-order chi connectivity index (χ0) is 12.7. The van der Waals surface area contributed by atoms with Crippen LogP contribution >= 0.6 is 0 Å². The Bertz CT molecular complexity index is 394. The molecule has 0 saturated carbocycles. The third-order valence-electron chi connectivity index (χ3n) is 2.45. The van der Waals surface area contributed by atoms with E-state index in [1.54, 1.807) is 4.90 Å². The lowest BCUT2D eigenvalue weighted by molar-refractivity contribution is -0.122. The second-order valence-electron chi connectivity index (χ2n) is 4.08. The second kappa shape index (κ2) is 6.72. The van der Waals surface area contributed by atoms with Gasteiger partial charge in [0.05, 0.1) is 19.1 Å². The smallest absolute Gasteiger partial charge is 0.234 e. The maximum atomic E-state index is 11.7. The first-order valence-corrected chi connectivity index (χ1v) is 5.59. The van der Waals surface area contributed by atoms with Crippen LogP contribution in [-0.2, 0) is 4.79 Å². The van der Waals surface area contributed by atoms with Crippen molar-refractivity contribution in [2.45, 2.75) is 13.0 Å². The minimum absolute atomic E-state index is 0.0147. The summed E-state index contributed by atoms with van der Waals surface area (Å²) in [5.41, 5.74) is 1.10. The summed E-state index contributed by atoms with van der Waals surface area (Å²) in [6.07, 6.45) is 5.17. The Kier molecular flexibility index (Phi) is 5.25. The molecule has 1 amide bonds. The molecule has 3 heteroatoms. The van der Waals surface area contributed by atoms with E-state index in [0.717, 1.165) is 5.56 Å². The Balaban J connectivity index is 2.44. The highest BCUT2D eigenvalue weighted by atomic mass is 16.2. The third kappa shape index (κ3) is 4.71. The van der Waals surface area contributed by atoms with E-state index in [1.165, 1.54) is 0 Å². The van der Waals surface area contributed by atoms with Gasteiger partial charge < -0.3 is 5.32 Å². The molecule has 0 aliphatic carbocycles. The van der Waals surface area contributed by atoms with Gasteiger partial charge in [-0.2, -0.15) is 0 Å². The molecule has 0 aliphatic heterocycles. The highest BCUT2D eigenvalue weighted by molar-refractivity contribution is 5.78. The number of benzene rings is 1. The zero-order valence-electron chi connectivity index (χ0n) is 10.3. The van der Waals surface area contributed by atoms with E-state index in [0.29, 0.717) is 13.1 Å². The standard InChI is InChI=1S/C14H18N2O/c1-4-10-16(3)11-14(17)15-12(2)13-8-6-5-7-9-13/h1,5-9,12H,10-11H2,2-3H3,(H,15,17)/t12-/m1/s1. The molecular formula is C14H18N2O. The number of nitrogens with one attached hydrogen (secondary N) is 1. The first-order chi connectivity index (χ1) is 8.13. The van der Waals surface area contributed by atoms with E-state index in [2.05, 4.69) is 11.2 Å². The van der Waals surface area contributed by atoms with Crippen molar-refractivity contribution in [3.63, 3.8) is 0 Å². The summed E-state index contributed by atoms with van der Waals surface area (Å²) in [5.74, 6) is 2.49. The Hall–Kier alpha value is -1.79. The zero-order valence-corrected chi connectivity index (χ0v) is 10.3. The predicted molar refractivity (Wildman–Crippen MR) is 69.3 cm³/mol. The number of nitrogens with zero attached hydrogens (tertiary/aromatic N) is 1. The minimum atomic E-state index is -0.0147. The van der Waals surface area contributed by atoms with Crippen molar-refractivity contribution in [1.29, 1.82) is 0 Å². The molecule has 1 aromatic carbocycles. The Morgan fingerprint density at radius 1 is 1.47 bits per heavy atom. The van der Waals surface area contributed by atoms with Crippen LogP contribution in [0.2, 0.25) is 0 Å². The van der Waals surface area contributed by atoms with Crippen molar-refractivity contribution in [3.05, 3.63) is 35.9 Å². The molecule has 0 bridgehead atoms. The monoisotopic (exact) mass is 230 g/mol.